The Labute approximate surface area is 394 Å². The van der Waals surface area contributed by atoms with Gasteiger partial charge in [-0.2, -0.15) is 4.91 Å². The SMILES string of the molecule is CC(=O)N[C@@H](CO)[C@@H](OC(CO)[C@H](C)O[C@H](O)O[C@H]1O[C@H](CO)[C@@H](O)C(O)C1O[C@@H]1OC(CO)[C@@H](O[C@@H]2OC(C)[C@H](O)C(O)[C@@H]2O)C(O)[C@@H]1NC(C)=O)O[C@@H]1C(CN=O)O[C@@H](C)[C@@H](NC(C)=O)C1O. The second-order valence-corrected chi connectivity index (χ2v) is 17.0. The van der Waals surface area contributed by atoms with Crippen LogP contribution in [0.5, 0.6) is 0 Å². The number of nitrogens with zero attached hydrogens (tertiary/aromatic N) is 1. The number of nitrogens with one attached hydrogen (secondary N) is 3. The third kappa shape index (κ3) is 14.9. The molecule has 0 aromatic heterocycles. The summed E-state index contributed by atoms with van der Waals surface area (Å²) in [7, 11) is 0. The first-order valence-corrected chi connectivity index (χ1v) is 22.0. The Bertz CT molecular complexity index is 1630. The molecule has 4 saturated heterocycles. The highest BCUT2D eigenvalue weighted by atomic mass is 16.9. The van der Waals surface area contributed by atoms with Crippen LogP contribution in [0.15, 0.2) is 5.18 Å². The number of carbonyl (C=O) groups is 3. The Morgan fingerprint density at radius 3 is 1.75 bits per heavy atom. The van der Waals surface area contributed by atoms with Gasteiger partial charge in [-0.05, 0) is 20.8 Å². The van der Waals surface area contributed by atoms with E-state index in [0.29, 0.717) is 0 Å². The molecule has 30 heteroatoms. The molecule has 4 aliphatic rings. The molecule has 0 bridgehead atoms. The third-order valence-corrected chi connectivity index (χ3v) is 11.8. The zero-order chi connectivity index (χ0) is 51.6. The Kier molecular flexibility index (Phi) is 22.7. The predicted octanol–water partition coefficient (Wildman–Crippen LogP) is -8.69. The van der Waals surface area contributed by atoms with Crippen molar-refractivity contribution >= 4 is 17.7 Å². The van der Waals surface area contributed by atoms with E-state index >= 15 is 0 Å². The molecule has 0 aromatic rings. The Hall–Kier alpha value is -2.87. The van der Waals surface area contributed by atoms with E-state index in [1.54, 1.807) is 0 Å². The van der Waals surface area contributed by atoms with Crippen molar-refractivity contribution in [1.29, 1.82) is 0 Å². The van der Waals surface area contributed by atoms with Gasteiger partial charge in [-0.25, -0.2) is 0 Å². The van der Waals surface area contributed by atoms with Crippen LogP contribution in [-0.2, 0) is 61.8 Å². The lowest BCUT2D eigenvalue weighted by atomic mass is 9.93. The molecule has 30 nitrogen and oxygen atoms in total. The number of aliphatic hydroxyl groups is 12. The maximum absolute atomic E-state index is 12.4. The Morgan fingerprint density at radius 2 is 1.19 bits per heavy atom. The van der Waals surface area contributed by atoms with Crippen molar-refractivity contribution in [3.8, 4) is 0 Å². The quantitative estimate of drug-likeness (QED) is 0.0334. The lowest BCUT2D eigenvalue weighted by Gasteiger charge is -2.49. The lowest BCUT2D eigenvalue weighted by molar-refractivity contribution is -0.409. The third-order valence-electron chi connectivity index (χ3n) is 11.8. The second kappa shape index (κ2) is 26.7. The number of carbonyl (C=O) groups excluding carboxylic acids is 3. The van der Waals surface area contributed by atoms with E-state index in [2.05, 4.69) is 21.1 Å². The molecule has 4 heterocycles. The number of aliphatic hydroxyl groups excluding tert-OH is 12. The molecule has 15 N–H and O–H groups in total. The van der Waals surface area contributed by atoms with Crippen LogP contribution in [0, 0.1) is 4.91 Å². The summed E-state index contributed by atoms with van der Waals surface area (Å²) in [5.41, 5.74) is 0. The van der Waals surface area contributed by atoms with Gasteiger partial charge in [0.05, 0.1) is 50.8 Å². The van der Waals surface area contributed by atoms with E-state index in [4.69, 9.17) is 47.4 Å². The van der Waals surface area contributed by atoms with Crippen molar-refractivity contribution in [2.75, 3.05) is 33.0 Å². The van der Waals surface area contributed by atoms with Crippen LogP contribution in [0.4, 0.5) is 0 Å². The molecular weight excluding hydrogens is 940 g/mol. The van der Waals surface area contributed by atoms with Gasteiger partial charge in [0.2, 0.25) is 17.7 Å². The van der Waals surface area contributed by atoms with Crippen LogP contribution < -0.4 is 16.0 Å². The fourth-order valence-corrected chi connectivity index (χ4v) is 8.18. The summed E-state index contributed by atoms with van der Waals surface area (Å²) in [6, 6.07) is -4.23. The van der Waals surface area contributed by atoms with E-state index in [9.17, 15) is 80.6 Å². The zero-order valence-electron chi connectivity index (χ0n) is 38.5. The minimum atomic E-state index is -2.44. The minimum Gasteiger partial charge on any atom is -0.394 e. The molecule has 3 amide bonds. The van der Waals surface area contributed by atoms with Gasteiger partial charge in [0, 0.05) is 20.8 Å². The number of amides is 3. The van der Waals surface area contributed by atoms with E-state index < -0.39 is 204 Å². The average Bonchev–Trinajstić information content (AvgIpc) is 3.28. The standard InChI is InChI=1S/C39H68N4O26/c1-12(20(9-45)63-35(18(8-44)41-15(4)48)66-32-19(7-40-59)60-13(2)23(27(32)53)42-16(5)49)62-39(58)69-38-34(30(56)26(52)21(10-46)64-38)68-36-24(43-17(6)50)28(54)33(22(11-47)65-36)67-37-31(57)29(55)25(51)14(3)61-37/h12-14,18-39,44-47,51-58H,7-11H2,1-6H3,(H,41,48)(H,42,49)(H,43,50)/t12-,13-,14?,18-,19?,20?,21+,22?,23+,24-,25-,26+,27?,28?,29?,30?,31-,32+,33+,34?,35-,36-,37-,38+,39-/m0/s1. The van der Waals surface area contributed by atoms with Crippen molar-refractivity contribution in [1.82, 2.24) is 16.0 Å². The van der Waals surface area contributed by atoms with E-state index in [1.807, 2.05) is 0 Å². The van der Waals surface area contributed by atoms with Crippen molar-refractivity contribution in [3.63, 3.8) is 0 Å². The Balaban J connectivity index is 1.56. The van der Waals surface area contributed by atoms with Crippen LogP contribution >= 0.6 is 0 Å². The van der Waals surface area contributed by atoms with Gasteiger partial charge >= 0.3 is 0 Å². The second-order valence-electron chi connectivity index (χ2n) is 17.0. The van der Waals surface area contributed by atoms with Crippen LogP contribution in [0.25, 0.3) is 0 Å². The smallest absolute Gasteiger partial charge is 0.271 e. The average molecular weight is 1010 g/mol. The number of nitroso groups, excluding NO2 is 1. The van der Waals surface area contributed by atoms with Gasteiger partial charge in [0.25, 0.3) is 6.48 Å². The van der Waals surface area contributed by atoms with E-state index in [1.165, 1.54) is 27.7 Å². The minimum absolute atomic E-state index is 0.557. The molecule has 69 heavy (non-hydrogen) atoms. The van der Waals surface area contributed by atoms with Gasteiger partial charge in [0.15, 0.2) is 25.2 Å². The highest BCUT2D eigenvalue weighted by Crippen LogP contribution is 2.34. The molecule has 4 fully saturated rings. The largest absolute Gasteiger partial charge is 0.394 e. The molecule has 0 aromatic carbocycles. The molecule has 4 rings (SSSR count). The molecule has 0 saturated carbocycles. The number of hydrogen-bond acceptors (Lipinski definition) is 27. The molecule has 9 unspecified atom stereocenters. The lowest BCUT2D eigenvalue weighted by Crippen LogP contribution is -2.69. The summed E-state index contributed by atoms with van der Waals surface area (Å²) < 4.78 is 57.4. The van der Waals surface area contributed by atoms with Gasteiger partial charge in [-0.3, -0.25) is 19.1 Å². The van der Waals surface area contributed by atoms with Crippen LogP contribution in [-0.4, -0.2) is 266 Å². The summed E-state index contributed by atoms with van der Waals surface area (Å²) in [6.45, 7) is 0.700. The summed E-state index contributed by atoms with van der Waals surface area (Å²) in [4.78, 5) is 47.9. The van der Waals surface area contributed by atoms with Gasteiger partial charge in [-0.1, -0.05) is 5.18 Å². The van der Waals surface area contributed by atoms with Gasteiger partial charge in [-0.15, -0.1) is 0 Å². The molecule has 0 aliphatic carbocycles. The number of ether oxygens (including phenoxy) is 10. The Morgan fingerprint density at radius 1 is 0.594 bits per heavy atom. The highest BCUT2D eigenvalue weighted by molar-refractivity contribution is 5.74. The maximum atomic E-state index is 12.4. The first kappa shape index (κ1) is 58.7. The predicted molar refractivity (Wildman–Crippen MR) is 221 cm³/mol. The fourth-order valence-electron chi connectivity index (χ4n) is 8.18. The molecule has 4 aliphatic heterocycles. The summed E-state index contributed by atoms with van der Waals surface area (Å²) >= 11 is 0. The van der Waals surface area contributed by atoms with Crippen LogP contribution in [0.3, 0.4) is 0 Å². The maximum Gasteiger partial charge on any atom is 0.271 e. The van der Waals surface area contributed by atoms with Crippen LogP contribution in [0.2, 0.25) is 0 Å². The normalized spacial score (nSPS) is 40.7. The first-order chi connectivity index (χ1) is 32.5. The van der Waals surface area contributed by atoms with Gasteiger partial charge < -0.3 is 120 Å². The van der Waals surface area contributed by atoms with Crippen molar-refractivity contribution in [2.24, 2.45) is 5.18 Å². The fraction of sp³-hybridized carbons (Fsp3) is 0.923. The summed E-state index contributed by atoms with van der Waals surface area (Å²) in [5.74, 6) is -2.04. The van der Waals surface area contributed by atoms with E-state index in [-0.39, 0.29) is 0 Å². The molecule has 0 spiro atoms. The molecule has 25 atom stereocenters. The zero-order valence-corrected chi connectivity index (χ0v) is 38.5. The highest BCUT2D eigenvalue weighted by Gasteiger charge is 2.55. The van der Waals surface area contributed by atoms with Crippen molar-refractivity contribution in [2.45, 2.75) is 195 Å². The molecular formula is C39H68N4O26. The van der Waals surface area contributed by atoms with Gasteiger partial charge in [0.1, 0.15) is 104 Å². The topological polar surface area (TPSA) is 452 Å². The van der Waals surface area contributed by atoms with Crippen molar-refractivity contribution in [3.05, 3.63) is 4.91 Å². The van der Waals surface area contributed by atoms with E-state index in [0.717, 1.165) is 13.8 Å². The van der Waals surface area contributed by atoms with Crippen LogP contribution in [0.1, 0.15) is 41.5 Å². The molecule has 400 valence electrons. The number of rotatable bonds is 23. The molecule has 0 radical (unpaired) electrons. The monoisotopic (exact) mass is 1010 g/mol. The summed E-state index contributed by atoms with van der Waals surface area (Å²) in [6.07, 6.45) is -34.8. The summed E-state index contributed by atoms with van der Waals surface area (Å²) in [5, 5.41) is 138. The first-order valence-electron chi connectivity index (χ1n) is 22.0. The number of hydrogen-bond donors (Lipinski definition) is 15. The van der Waals surface area contributed by atoms with Crippen molar-refractivity contribution < 1.29 is 123 Å².